The highest BCUT2D eigenvalue weighted by molar-refractivity contribution is 7.54. The standard InChI is InChI=1S/C31H53N8O9P/c1-8-18(5)21(27(41)45-10-3)36-49(44,37-22(19(6)9-2)28(42)46-11-4)47-16-20-24(40)31(7,43)29(48-20)39-17-33-23-25(38-14-12-13-15-38)34-30(32)35-26(23)39/h17-22,24,29,40,43H,8-16H2,1-7H3,(H2,32,34,35)(H2,36,37,44)/t18?,19?,20-,21+,22+,24?,29-,31+,49?/m1/s1. The molecule has 4 rings (SSSR count). The second kappa shape index (κ2) is 16.4. The number of carbonyl (C=O) groups is 2. The van der Waals surface area contributed by atoms with E-state index in [0.717, 1.165) is 25.9 Å². The van der Waals surface area contributed by atoms with Crippen molar-refractivity contribution in [3.8, 4) is 0 Å². The summed E-state index contributed by atoms with van der Waals surface area (Å²) >= 11 is 0. The number of nitrogens with zero attached hydrogens (tertiary/aromatic N) is 5. The van der Waals surface area contributed by atoms with Crippen molar-refractivity contribution in [2.45, 2.75) is 110 Å². The highest BCUT2D eigenvalue weighted by atomic mass is 31.2. The van der Waals surface area contributed by atoms with Crippen LogP contribution in [0.15, 0.2) is 6.33 Å². The molecule has 0 amide bonds. The smallest absolute Gasteiger partial charge is 0.342 e. The minimum atomic E-state index is -4.32. The molecule has 18 heteroatoms. The van der Waals surface area contributed by atoms with E-state index in [0.29, 0.717) is 29.8 Å². The fourth-order valence-corrected chi connectivity index (χ4v) is 8.07. The summed E-state index contributed by atoms with van der Waals surface area (Å²) in [6, 6.07) is -2.14. The van der Waals surface area contributed by atoms with Crippen molar-refractivity contribution in [2.75, 3.05) is 43.5 Å². The van der Waals surface area contributed by atoms with E-state index in [1.165, 1.54) is 17.8 Å². The lowest BCUT2D eigenvalue weighted by molar-refractivity contribution is -0.147. The number of aromatic nitrogens is 4. The molecular formula is C31H53N8O9P. The SMILES string of the molecule is CCOC(=O)[C@@H](NP(=O)(N[C@H](C(=O)OCC)C(C)CC)OC[C@H]1O[C@@H](n2cnc3c(N4CCCC4)nc(N)nc32)[C@@](C)(O)C1O)C(C)CC. The second-order valence-electron chi connectivity index (χ2n) is 13.0. The molecule has 3 unspecified atom stereocenters. The number of anilines is 2. The van der Waals surface area contributed by atoms with Gasteiger partial charge in [-0.25, -0.2) is 15.2 Å². The molecule has 276 valence electrons. The van der Waals surface area contributed by atoms with E-state index in [1.54, 1.807) is 27.7 Å². The summed E-state index contributed by atoms with van der Waals surface area (Å²) < 4.78 is 38.9. The van der Waals surface area contributed by atoms with Crippen LogP contribution in [0.3, 0.4) is 0 Å². The van der Waals surface area contributed by atoms with Crippen molar-refractivity contribution >= 4 is 42.5 Å². The maximum absolute atomic E-state index is 14.7. The molecule has 2 saturated heterocycles. The van der Waals surface area contributed by atoms with Gasteiger partial charge in [0.25, 0.3) is 0 Å². The van der Waals surface area contributed by atoms with Crippen LogP contribution in [0.2, 0.25) is 0 Å². The highest BCUT2D eigenvalue weighted by Gasteiger charge is 2.54. The molecule has 6 N–H and O–H groups in total. The van der Waals surface area contributed by atoms with E-state index < -0.39 is 62.3 Å². The first-order valence-corrected chi connectivity index (χ1v) is 18.8. The minimum Gasteiger partial charge on any atom is -0.465 e. The van der Waals surface area contributed by atoms with Gasteiger partial charge in [-0.15, -0.1) is 0 Å². The molecule has 4 heterocycles. The number of nitrogens with one attached hydrogen (secondary N) is 2. The van der Waals surface area contributed by atoms with Gasteiger partial charge in [-0.3, -0.25) is 18.7 Å². The summed E-state index contributed by atoms with van der Waals surface area (Å²) in [5, 5.41) is 28.6. The zero-order valence-corrected chi connectivity index (χ0v) is 30.4. The molecule has 0 aromatic carbocycles. The lowest BCUT2D eigenvalue weighted by atomic mass is 9.96. The fraction of sp³-hybridized carbons (Fsp3) is 0.774. The predicted molar refractivity (Wildman–Crippen MR) is 181 cm³/mol. The van der Waals surface area contributed by atoms with Crippen molar-refractivity contribution in [3.63, 3.8) is 0 Å². The number of carbonyl (C=O) groups excluding carboxylic acids is 2. The molecule has 2 aliphatic heterocycles. The van der Waals surface area contributed by atoms with E-state index in [9.17, 15) is 24.4 Å². The Morgan fingerprint density at radius 3 is 2.12 bits per heavy atom. The first-order valence-electron chi connectivity index (χ1n) is 17.1. The number of hydrogen-bond acceptors (Lipinski definition) is 14. The van der Waals surface area contributed by atoms with Crippen molar-refractivity contribution < 1.29 is 43.1 Å². The van der Waals surface area contributed by atoms with Crippen LogP contribution in [0.25, 0.3) is 11.2 Å². The van der Waals surface area contributed by atoms with Gasteiger partial charge in [0.15, 0.2) is 23.2 Å². The third-order valence-corrected chi connectivity index (χ3v) is 11.1. The molecule has 2 aromatic rings. The first kappa shape index (κ1) is 38.9. The lowest BCUT2D eigenvalue weighted by Gasteiger charge is -2.32. The summed E-state index contributed by atoms with van der Waals surface area (Å²) in [5.74, 6) is -1.36. The van der Waals surface area contributed by atoms with Crippen LogP contribution in [0.1, 0.15) is 80.4 Å². The Hall–Kier alpha value is -2.92. The van der Waals surface area contributed by atoms with Gasteiger partial charge >= 0.3 is 19.6 Å². The second-order valence-corrected chi connectivity index (χ2v) is 14.8. The molecule has 49 heavy (non-hydrogen) atoms. The van der Waals surface area contributed by atoms with Crippen LogP contribution in [0, 0.1) is 11.8 Å². The van der Waals surface area contributed by atoms with Crippen molar-refractivity contribution in [2.24, 2.45) is 11.8 Å². The van der Waals surface area contributed by atoms with E-state index in [2.05, 4.69) is 30.0 Å². The van der Waals surface area contributed by atoms with Gasteiger partial charge in [-0.05, 0) is 45.4 Å². The molecule has 0 saturated carbocycles. The third kappa shape index (κ3) is 8.52. The normalized spacial score (nSPS) is 26.3. The molecule has 0 bridgehead atoms. The number of fused-ring (bicyclic) bond motifs is 1. The third-order valence-electron chi connectivity index (χ3n) is 9.38. The highest BCUT2D eigenvalue weighted by Crippen LogP contribution is 2.45. The number of ether oxygens (including phenoxy) is 3. The monoisotopic (exact) mass is 712 g/mol. The van der Waals surface area contributed by atoms with Gasteiger partial charge in [0.05, 0.1) is 26.1 Å². The maximum Gasteiger partial charge on any atom is 0.342 e. The van der Waals surface area contributed by atoms with Crippen LogP contribution >= 0.6 is 7.67 Å². The maximum atomic E-state index is 14.7. The molecular weight excluding hydrogens is 659 g/mol. The Morgan fingerprint density at radius 1 is 1.06 bits per heavy atom. The predicted octanol–water partition coefficient (Wildman–Crippen LogP) is 2.28. The zero-order valence-electron chi connectivity index (χ0n) is 29.5. The summed E-state index contributed by atoms with van der Waals surface area (Å²) in [7, 11) is -4.32. The topological polar surface area (TPSA) is 226 Å². The van der Waals surface area contributed by atoms with Gasteiger partial charge in [0, 0.05) is 13.1 Å². The first-order chi connectivity index (χ1) is 23.2. The average Bonchev–Trinajstić information content (AvgIpc) is 3.80. The fourth-order valence-electron chi connectivity index (χ4n) is 6.03. The van der Waals surface area contributed by atoms with E-state index in [1.807, 2.05) is 13.8 Å². The minimum absolute atomic E-state index is 0.0160. The van der Waals surface area contributed by atoms with Gasteiger partial charge in [0.1, 0.15) is 29.9 Å². The average molecular weight is 713 g/mol. The Morgan fingerprint density at radius 2 is 1.61 bits per heavy atom. The van der Waals surface area contributed by atoms with E-state index in [-0.39, 0.29) is 31.0 Å². The molecule has 2 fully saturated rings. The van der Waals surface area contributed by atoms with Crippen molar-refractivity contribution in [1.29, 1.82) is 0 Å². The van der Waals surface area contributed by atoms with Gasteiger partial charge in [-0.2, -0.15) is 9.97 Å². The zero-order chi connectivity index (χ0) is 36.1. The molecule has 2 aliphatic rings. The Labute approximate surface area is 287 Å². The number of aliphatic hydroxyl groups excluding tert-OH is 1. The number of aliphatic hydroxyl groups is 2. The Kier molecular flexibility index (Phi) is 13.0. The largest absolute Gasteiger partial charge is 0.465 e. The summed E-state index contributed by atoms with van der Waals surface area (Å²) in [6.45, 7) is 13.3. The van der Waals surface area contributed by atoms with E-state index >= 15 is 0 Å². The van der Waals surface area contributed by atoms with E-state index in [4.69, 9.17) is 24.5 Å². The molecule has 0 spiro atoms. The van der Waals surface area contributed by atoms with Crippen LogP contribution < -0.4 is 20.8 Å². The number of rotatable bonds is 17. The summed E-state index contributed by atoms with van der Waals surface area (Å²) in [6.07, 6.45) is 0.547. The Bertz CT molecular complexity index is 1450. The molecule has 2 aromatic heterocycles. The summed E-state index contributed by atoms with van der Waals surface area (Å²) in [5.41, 5.74) is 4.96. The van der Waals surface area contributed by atoms with Crippen molar-refractivity contribution in [3.05, 3.63) is 6.33 Å². The van der Waals surface area contributed by atoms with Gasteiger partial charge < -0.3 is 39.6 Å². The lowest BCUT2D eigenvalue weighted by Crippen LogP contribution is -2.49. The Balaban J connectivity index is 1.64. The molecule has 0 aliphatic carbocycles. The number of nitrogen functional groups attached to an aromatic ring is 1. The van der Waals surface area contributed by atoms with Crippen molar-refractivity contribution in [1.82, 2.24) is 29.7 Å². The molecule has 0 radical (unpaired) electrons. The quantitative estimate of drug-likeness (QED) is 0.117. The van der Waals surface area contributed by atoms with Crippen LogP contribution in [-0.2, 0) is 32.9 Å². The molecule has 17 nitrogen and oxygen atoms in total. The van der Waals surface area contributed by atoms with Gasteiger partial charge in [0.2, 0.25) is 5.95 Å². The number of imidazole rings is 1. The van der Waals surface area contributed by atoms with Gasteiger partial charge in [-0.1, -0.05) is 40.5 Å². The van der Waals surface area contributed by atoms with Crippen LogP contribution in [0.4, 0.5) is 11.8 Å². The number of esters is 2. The van der Waals surface area contributed by atoms with Crippen LogP contribution in [0.5, 0.6) is 0 Å². The number of hydrogen-bond donors (Lipinski definition) is 5. The molecule has 8 atom stereocenters. The van der Waals surface area contributed by atoms with Crippen LogP contribution in [-0.4, -0.2) is 104 Å². The summed E-state index contributed by atoms with van der Waals surface area (Å²) in [4.78, 5) is 41.4. The number of nitrogens with two attached hydrogens (primary N) is 1.